The van der Waals surface area contributed by atoms with Crippen molar-refractivity contribution in [3.63, 3.8) is 0 Å². The monoisotopic (exact) mass is 500 g/mol. The molecule has 0 aromatic heterocycles. The van der Waals surface area contributed by atoms with Crippen LogP contribution in [0.3, 0.4) is 0 Å². The summed E-state index contributed by atoms with van der Waals surface area (Å²) in [6.45, 7) is 6.81. The molecule has 2 aromatic carbocycles. The van der Waals surface area contributed by atoms with Gasteiger partial charge in [-0.05, 0) is 67.9 Å². The standard InChI is InChI=1S/C24H24N2O8S/c1-5-32-22-18(34-16(4)27)9-8-17(21(22)26(30)31)13-20-23(28)25(24(29)35-20)10-11-33-19-12-14(2)6-7-15(19)3/h6-9,12-13H,5,10-11H2,1-4H3/b20-13-. The molecule has 0 radical (unpaired) electrons. The second-order valence-electron chi connectivity index (χ2n) is 7.57. The van der Waals surface area contributed by atoms with Crippen molar-refractivity contribution in [3.8, 4) is 17.2 Å². The van der Waals surface area contributed by atoms with E-state index >= 15 is 0 Å². The third kappa shape index (κ3) is 5.99. The number of nitro groups is 1. The largest absolute Gasteiger partial charge is 0.491 e. The van der Waals surface area contributed by atoms with Crippen LogP contribution in [0.2, 0.25) is 0 Å². The van der Waals surface area contributed by atoms with Gasteiger partial charge in [-0.15, -0.1) is 0 Å². The van der Waals surface area contributed by atoms with E-state index in [9.17, 15) is 24.5 Å². The number of nitro benzene ring substituents is 1. The highest BCUT2D eigenvalue weighted by molar-refractivity contribution is 8.18. The van der Waals surface area contributed by atoms with Crippen molar-refractivity contribution >= 4 is 40.6 Å². The maximum atomic E-state index is 12.9. The first kappa shape index (κ1) is 25.8. The van der Waals surface area contributed by atoms with Gasteiger partial charge in [0.05, 0.1) is 28.5 Å². The van der Waals surface area contributed by atoms with E-state index in [1.807, 2.05) is 32.0 Å². The van der Waals surface area contributed by atoms with Crippen LogP contribution in [-0.4, -0.2) is 46.7 Å². The van der Waals surface area contributed by atoms with Crippen molar-refractivity contribution in [2.75, 3.05) is 19.8 Å². The third-order valence-corrected chi connectivity index (χ3v) is 5.84. The number of hydrogen-bond donors (Lipinski definition) is 0. The fourth-order valence-electron chi connectivity index (χ4n) is 3.34. The van der Waals surface area contributed by atoms with E-state index in [0.29, 0.717) is 17.5 Å². The molecular weight excluding hydrogens is 476 g/mol. The van der Waals surface area contributed by atoms with E-state index in [-0.39, 0.29) is 41.7 Å². The van der Waals surface area contributed by atoms with Gasteiger partial charge in [0.25, 0.3) is 11.1 Å². The lowest BCUT2D eigenvalue weighted by Gasteiger charge is -2.14. The molecule has 0 aliphatic carbocycles. The van der Waals surface area contributed by atoms with Gasteiger partial charge in [-0.1, -0.05) is 12.1 Å². The fraction of sp³-hybridized carbons (Fsp3) is 0.292. The smallest absolute Gasteiger partial charge is 0.322 e. The van der Waals surface area contributed by atoms with Gasteiger partial charge in [-0.2, -0.15) is 0 Å². The lowest BCUT2D eigenvalue weighted by atomic mass is 10.1. The maximum absolute atomic E-state index is 12.9. The summed E-state index contributed by atoms with van der Waals surface area (Å²) in [7, 11) is 0. The summed E-state index contributed by atoms with van der Waals surface area (Å²) in [6.07, 6.45) is 1.26. The molecular formula is C24H24N2O8S. The highest BCUT2D eigenvalue weighted by Gasteiger charge is 2.36. The summed E-state index contributed by atoms with van der Waals surface area (Å²) in [5, 5.41) is 11.3. The molecule has 0 atom stereocenters. The van der Waals surface area contributed by atoms with E-state index in [4.69, 9.17) is 14.2 Å². The SMILES string of the molecule is CCOc1c(OC(C)=O)ccc(/C=C2\SC(=O)N(CCOc3cc(C)ccc3C)C2=O)c1[N+](=O)[O-]. The Kier molecular flexibility index (Phi) is 8.13. The maximum Gasteiger partial charge on any atom is 0.322 e. The van der Waals surface area contributed by atoms with E-state index in [0.717, 1.165) is 23.0 Å². The number of rotatable bonds is 9. The van der Waals surface area contributed by atoms with E-state index < -0.39 is 27.7 Å². The quantitative estimate of drug-likeness (QED) is 0.159. The first-order chi connectivity index (χ1) is 16.6. The number of imide groups is 1. The first-order valence-electron chi connectivity index (χ1n) is 10.7. The van der Waals surface area contributed by atoms with E-state index in [1.165, 1.54) is 18.2 Å². The van der Waals surface area contributed by atoms with Crippen LogP contribution in [0, 0.1) is 24.0 Å². The average molecular weight is 501 g/mol. The van der Waals surface area contributed by atoms with Crippen molar-refractivity contribution in [2.24, 2.45) is 0 Å². The lowest BCUT2D eigenvalue weighted by molar-refractivity contribution is -0.386. The summed E-state index contributed by atoms with van der Waals surface area (Å²) in [4.78, 5) is 48.9. The molecule has 184 valence electrons. The molecule has 1 fully saturated rings. The van der Waals surface area contributed by atoms with Crippen LogP contribution in [0.5, 0.6) is 17.2 Å². The van der Waals surface area contributed by atoms with Crippen LogP contribution < -0.4 is 14.2 Å². The number of hydrogen-bond acceptors (Lipinski definition) is 9. The van der Waals surface area contributed by atoms with Crippen LogP contribution in [0.1, 0.15) is 30.5 Å². The molecule has 11 heteroatoms. The van der Waals surface area contributed by atoms with Crippen LogP contribution in [0.25, 0.3) is 6.08 Å². The second kappa shape index (κ2) is 11.0. The van der Waals surface area contributed by atoms with Crippen molar-refractivity contribution < 1.29 is 33.5 Å². The molecule has 0 bridgehead atoms. The zero-order chi connectivity index (χ0) is 25.7. The predicted molar refractivity (Wildman–Crippen MR) is 130 cm³/mol. The number of esters is 1. The molecule has 1 aliphatic rings. The molecule has 2 amide bonds. The number of aryl methyl sites for hydroxylation is 2. The predicted octanol–water partition coefficient (Wildman–Crippen LogP) is 4.65. The summed E-state index contributed by atoms with van der Waals surface area (Å²) in [5.74, 6) is -0.931. The Morgan fingerprint density at radius 1 is 1.14 bits per heavy atom. The Hall–Kier alpha value is -3.86. The van der Waals surface area contributed by atoms with Gasteiger partial charge in [0.15, 0.2) is 5.75 Å². The second-order valence-corrected chi connectivity index (χ2v) is 8.56. The van der Waals surface area contributed by atoms with Crippen molar-refractivity contribution in [1.82, 2.24) is 4.90 Å². The summed E-state index contributed by atoms with van der Waals surface area (Å²) >= 11 is 0.677. The van der Waals surface area contributed by atoms with Gasteiger partial charge in [0, 0.05) is 6.92 Å². The molecule has 0 N–H and O–H groups in total. The molecule has 1 saturated heterocycles. The Morgan fingerprint density at radius 2 is 1.89 bits per heavy atom. The van der Waals surface area contributed by atoms with Gasteiger partial charge in [0.2, 0.25) is 5.75 Å². The normalized spacial score (nSPS) is 14.4. The molecule has 2 aromatic rings. The average Bonchev–Trinajstić information content (AvgIpc) is 3.04. The summed E-state index contributed by atoms with van der Waals surface area (Å²) in [5.41, 5.74) is 1.51. The van der Waals surface area contributed by atoms with Crippen molar-refractivity contribution in [1.29, 1.82) is 0 Å². The molecule has 1 aliphatic heterocycles. The molecule has 0 unspecified atom stereocenters. The zero-order valence-electron chi connectivity index (χ0n) is 19.7. The minimum atomic E-state index is -0.688. The van der Waals surface area contributed by atoms with Gasteiger partial charge in [-0.3, -0.25) is 29.4 Å². The van der Waals surface area contributed by atoms with Crippen molar-refractivity contribution in [2.45, 2.75) is 27.7 Å². The van der Waals surface area contributed by atoms with Gasteiger partial charge in [0.1, 0.15) is 12.4 Å². The number of carbonyl (C=O) groups excluding carboxylic acids is 3. The lowest BCUT2D eigenvalue weighted by Crippen LogP contribution is -2.32. The van der Waals surface area contributed by atoms with E-state index in [1.54, 1.807) is 6.92 Å². The van der Waals surface area contributed by atoms with Crippen LogP contribution in [0.15, 0.2) is 35.2 Å². The van der Waals surface area contributed by atoms with Crippen LogP contribution in [-0.2, 0) is 9.59 Å². The van der Waals surface area contributed by atoms with Gasteiger partial charge < -0.3 is 14.2 Å². The number of amides is 2. The summed E-state index contributed by atoms with van der Waals surface area (Å²) in [6, 6.07) is 8.42. The summed E-state index contributed by atoms with van der Waals surface area (Å²) < 4.78 is 16.2. The molecule has 10 nitrogen and oxygen atoms in total. The Balaban J connectivity index is 1.84. The minimum Gasteiger partial charge on any atom is -0.491 e. The minimum absolute atomic E-state index is 0.0209. The highest BCUT2D eigenvalue weighted by Crippen LogP contribution is 2.42. The number of carbonyl (C=O) groups is 3. The number of ether oxygens (including phenoxy) is 3. The molecule has 1 heterocycles. The Bertz CT molecular complexity index is 1220. The highest BCUT2D eigenvalue weighted by atomic mass is 32.2. The number of nitrogens with zero attached hydrogens (tertiary/aromatic N) is 2. The van der Waals surface area contributed by atoms with Crippen molar-refractivity contribution in [3.05, 3.63) is 62.0 Å². The molecule has 0 saturated carbocycles. The van der Waals surface area contributed by atoms with Gasteiger partial charge in [-0.25, -0.2) is 0 Å². The Morgan fingerprint density at radius 3 is 2.54 bits per heavy atom. The fourth-order valence-corrected chi connectivity index (χ4v) is 4.19. The van der Waals surface area contributed by atoms with E-state index in [2.05, 4.69) is 0 Å². The topological polar surface area (TPSA) is 125 Å². The van der Waals surface area contributed by atoms with Crippen LogP contribution in [0.4, 0.5) is 10.5 Å². The number of benzene rings is 2. The molecule has 0 spiro atoms. The number of thioether (sulfide) groups is 1. The van der Waals surface area contributed by atoms with Gasteiger partial charge >= 0.3 is 11.7 Å². The zero-order valence-corrected chi connectivity index (χ0v) is 20.5. The Labute approximate surface area is 206 Å². The third-order valence-electron chi connectivity index (χ3n) is 4.93. The molecule has 3 rings (SSSR count). The molecule has 35 heavy (non-hydrogen) atoms. The first-order valence-corrected chi connectivity index (χ1v) is 11.5. The van der Waals surface area contributed by atoms with Crippen LogP contribution >= 0.6 is 11.8 Å².